The maximum atomic E-state index is 12.6. The second-order valence-corrected chi connectivity index (χ2v) is 8.24. The molecule has 0 aliphatic heterocycles. The van der Waals surface area contributed by atoms with Gasteiger partial charge in [0.2, 0.25) is 5.43 Å². The first-order chi connectivity index (χ1) is 11.7. The molecule has 26 heavy (non-hydrogen) atoms. The Hall–Kier alpha value is -2.90. The van der Waals surface area contributed by atoms with E-state index in [2.05, 4.69) is 5.32 Å². The number of carboxylic acids is 1. The van der Waals surface area contributed by atoms with Gasteiger partial charge in [0.25, 0.3) is 5.69 Å². The zero-order chi connectivity index (χ0) is 20.0. The fourth-order valence-electron chi connectivity index (χ4n) is 2.72. The fourth-order valence-corrected chi connectivity index (χ4v) is 2.72. The van der Waals surface area contributed by atoms with Gasteiger partial charge in [-0.2, -0.15) is 0 Å². The van der Waals surface area contributed by atoms with Crippen LogP contribution < -0.4 is 10.7 Å². The number of pyridine rings is 1. The Labute approximate surface area is 150 Å². The van der Waals surface area contributed by atoms with E-state index in [-0.39, 0.29) is 16.8 Å². The van der Waals surface area contributed by atoms with Gasteiger partial charge in [-0.15, -0.1) is 0 Å². The van der Waals surface area contributed by atoms with E-state index in [1.807, 2.05) is 41.5 Å². The maximum absolute atomic E-state index is 12.6. The number of nitrogens with one attached hydrogen (secondary N) is 1. The molecule has 0 saturated heterocycles. The lowest BCUT2D eigenvalue weighted by molar-refractivity contribution is -0.383. The number of nitro benzene ring substituents is 1. The highest BCUT2D eigenvalue weighted by Crippen LogP contribution is 2.33. The highest BCUT2D eigenvalue weighted by atomic mass is 16.6. The Kier molecular flexibility index (Phi) is 4.57. The third-order valence-electron chi connectivity index (χ3n) is 3.78. The molecule has 2 aromatic rings. The Bertz CT molecular complexity index is 962. The molecule has 2 N–H and O–H groups in total. The maximum Gasteiger partial charge on any atom is 0.341 e. The van der Waals surface area contributed by atoms with Crippen LogP contribution in [0.1, 0.15) is 51.9 Å². The number of benzene rings is 1. The molecule has 1 heterocycles. The summed E-state index contributed by atoms with van der Waals surface area (Å²) < 4.78 is 1.66. The molecule has 1 aromatic heterocycles. The van der Waals surface area contributed by atoms with Gasteiger partial charge in [0, 0.05) is 23.3 Å². The number of anilines is 1. The molecule has 0 aliphatic rings. The molecule has 0 amide bonds. The zero-order valence-electron chi connectivity index (χ0n) is 15.7. The van der Waals surface area contributed by atoms with Crippen LogP contribution in [-0.4, -0.2) is 26.1 Å². The summed E-state index contributed by atoms with van der Waals surface area (Å²) in [5.41, 5.74) is -1.69. The van der Waals surface area contributed by atoms with E-state index in [1.165, 1.54) is 12.3 Å². The summed E-state index contributed by atoms with van der Waals surface area (Å²) in [6, 6.07) is 2.69. The van der Waals surface area contributed by atoms with Crippen molar-refractivity contribution in [3.05, 3.63) is 44.2 Å². The van der Waals surface area contributed by atoms with Crippen molar-refractivity contribution in [3.8, 4) is 0 Å². The predicted octanol–water partition coefficient (Wildman–Crippen LogP) is 3.57. The van der Waals surface area contributed by atoms with E-state index in [4.69, 9.17) is 0 Å². The summed E-state index contributed by atoms with van der Waals surface area (Å²) in [4.78, 5) is 35.0. The molecule has 0 bridgehead atoms. The van der Waals surface area contributed by atoms with Crippen molar-refractivity contribution in [3.63, 3.8) is 0 Å². The number of rotatable bonds is 3. The van der Waals surface area contributed by atoms with Crippen LogP contribution in [0.15, 0.2) is 23.1 Å². The Morgan fingerprint density at radius 2 is 1.77 bits per heavy atom. The summed E-state index contributed by atoms with van der Waals surface area (Å²) in [5.74, 6) is -1.37. The van der Waals surface area contributed by atoms with Crippen molar-refractivity contribution >= 4 is 28.2 Å². The summed E-state index contributed by atoms with van der Waals surface area (Å²) in [6.45, 7) is 11.2. The number of fused-ring (bicyclic) bond motifs is 1. The van der Waals surface area contributed by atoms with Gasteiger partial charge in [0.1, 0.15) is 11.3 Å². The van der Waals surface area contributed by atoms with Gasteiger partial charge in [-0.3, -0.25) is 14.9 Å². The van der Waals surface area contributed by atoms with Crippen LogP contribution in [0.25, 0.3) is 10.9 Å². The molecule has 0 atom stereocenters. The first-order valence-corrected chi connectivity index (χ1v) is 8.12. The molecular formula is C18H23N3O5. The average molecular weight is 361 g/mol. The number of carbonyl (C=O) groups is 1. The number of nitro groups is 1. The summed E-state index contributed by atoms with van der Waals surface area (Å²) in [5, 5.41) is 23.9. The van der Waals surface area contributed by atoms with Crippen LogP contribution in [-0.2, 0) is 5.54 Å². The quantitative estimate of drug-likeness (QED) is 0.638. The average Bonchev–Trinajstić information content (AvgIpc) is 2.43. The number of hydrogen-bond donors (Lipinski definition) is 2. The molecule has 0 saturated carbocycles. The number of nitrogens with zero attached hydrogens (tertiary/aromatic N) is 2. The molecule has 2 rings (SSSR count). The number of hydrogen-bond acceptors (Lipinski definition) is 5. The monoisotopic (exact) mass is 361 g/mol. The van der Waals surface area contributed by atoms with Crippen LogP contribution in [0.4, 0.5) is 11.4 Å². The Balaban J connectivity index is 3.01. The Morgan fingerprint density at radius 3 is 2.19 bits per heavy atom. The van der Waals surface area contributed by atoms with E-state index in [0.717, 1.165) is 6.07 Å². The molecule has 8 nitrogen and oxygen atoms in total. The van der Waals surface area contributed by atoms with E-state index < -0.39 is 33.0 Å². The Morgan fingerprint density at radius 1 is 1.19 bits per heavy atom. The van der Waals surface area contributed by atoms with Gasteiger partial charge >= 0.3 is 5.97 Å². The molecule has 0 unspecified atom stereocenters. The summed E-state index contributed by atoms with van der Waals surface area (Å²) in [7, 11) is 0. The predicted molar refractivity (Wildman–Crippen MR) is 100 cm³/mol. The largest absolute Gasteiger partial charge is 0.477 e. The molecule has 0 radical (unpaired) electrons. The first kappa shape index (κ1) is 19.4. The normalized spacial score (nSPS) is 12.2. The van der Waals surface area contributed by atoms with Gasteiger partial charge in [-0.1, -0.05) is 0 Å². The van der Waals surface area contributed by atoms with Crippen molar-refractivity contribution in [2.75, 3.05) is 5.32 Å². The fraction of sp³-hybridized carbons (Fsp3) is 0.444. The SMILES string of the molecule is CC(C)(C)Nc1cc2c(cc1[N+](=O)[O-])c(=O)c(C(=O)O)cn2C(C)(C)C. The molecule has 0 spiro atoms. The van der Waals surface area contributed by atoms with Crippen LogP contribution in [0.3, 0.4) is 0 Å². The summed E-state index contributed by atoms with van der Waals surface area (Å²) >= 11 is 0. The van der Waals surface area contributed by atoms with Gasteiger partial charge in [-0.25, -0.2) is 4.79 Å². The lowest BCUT2D eigenvalue weighted by atomic mass is 10.0. The highest BCUT2D eigenvalue weighted by Gasteiger charge is 2.26. The number of aromatic carboxylic acids is 1. The molecular weight excluding hydrogens is 338 g/mol. The molecule has 8 heteroatoms. The van der Waals surface area contributed by atoms with Crippen LogP contribution in [0, 0.1) is 10.1 Å². The molecule has 140 valence electrons. The topological polar surface area (TPSA) is 114 Å². The number of carboxylic acid groups (broad SMARTS) is 1. The van der Waals surface area contributed by atoms with Crippen molar-refractivity contribution in [1.29, 1.82) is 0 Å². The number of aromatic nitrogens is 1. The minimum atomic E-state index is -1.37. The van der Waals surface area contributed by atoms with E-state index >= 15 is 0 Å². The molecule has 1 aromatic carbocycles. The van der Waals surface area contributed by atoms with Gasteiger partial charge in [0.15, 0.2) is 0 Å². The minimum Gasteiger partial charge on any atom is -0.477 e. The van der Waals surface area contributed by atoms with E-state index in [9.17, 15) is 24.8 Å². The first-order valence-electron chi connectivity index (χ1n) is 8.12. The van der Waals surface area contributed by atoms with Crippen molar-refractivity contribution in [1.82, 2.24) is 4.57 Å². The smallest absolute Gasteiger partial charge is 0.341 e. The van der Waals surface area contributed by atoms with Crippen LogP contribution in [0.2, 0.25) is 0 Å². The van der Waals surface area contributed by atoms with Crippen molar-refractivity contribution in [2.45, 2.75) is 52.6 Å². The van der Waals surface area contributed by atoms with Crippen molar-refractivity contribution in [2.24, 2.45) is 0 Å². The van der Waals surface area contributed by atoms with Gasteiger partial charge in [-0.05, 0) is 47.6 Å². The second-order valence-electron chi connectivity index (χ2n) is 8.24. The third-order valence-corrected chi connectivity index (χ3v) is 3.78. The lowest BCUT2D eigenvalue weighted by Gasteiger charge is -2.27. The highest BCUT2D eigenvalue weighted by molar-refractivity contribution is 5.95. The second kappa shape index (κ2) is 6.12. The zero-order valence-corrected chi connectivity index (χ0v) is 15.7. The lowest BCUT2D eigenvalue weighted by Crippen LogP contribution is -2.29. The summed E-state index contributed by atoms with van der Waals surface area (Å²) in [6.07, 6.45) is 1.29. The van der Waals surface area contributed by atoms with Crippen LogP contribution >= 0.6 is 0 Å². The molecule has 0 aliphatic carbocycles. The van der Waals surface area contributed by atoms with Gasteiger partial charge < -0.3 is 15.0 Å². The molecule has 0 fully saturated rings. The van der Waals surface area contributed by atoms with E-state index in [0.29, 0.717) is 5.52 Å². The van der Waals surface area contributed by atoms with Gasteiger partial charge in [0.05, 0.1) is 15.8 Å². The third kappa shape index (κ3) is 3.68. The minimum absolute atomic E-state index is 0.00554. The standard InChI is InChI=1S/C18H23N3O5/c1-17(2,3)19-12-8-13-10(7-14(12)21(25)26)15(22)11(16(23)24)9-20(13)18(4,5)6/h7-9,19H,1-6H3,(H,23,24). The van der Waals surface area contributed by atoms with Crippen molar-refractivity contribution < 1.29 is 14.8 Å². The van der Waals surface area contributed by atoms with Crippen LogP contribution in [0.5, 0.6) is 0 Å². The van der Waals surface area contributed by atoms with E-state index in [1.54, 1.807) is 4.57 Å².